The van der Waals surface area contributed by atoms with Crippen LogP contribution in [0.5, 0.6) is 0 Å². The summed E-state index contributed by atoms with van der Waals surface area (Å²) < 4.78 is 0. The van der Waals surface area contributed by atoms with Crippen LogP contribution in [0.4, 0.5) is 21.9 Å². The Morgan fingerprint density at radius 2 is 1.70 bits per heavy atom. The molecule has 0 fully saturated rings. The minimum absolute atomic E-state index is 0.291. The number of benzene rings is 2. The van der Waals surface area contributed by atoms with Gasteiger partial charge in [0.15, 0.2) is 0 Å². The first-order valence-electron chi connectivity index (χ1n) is 7.32. The summed E-state index contributed by atoms with van der Waals surface area (Å²) >= 11 is 0. The zero-order chi connectivity index (χ0) is 16.2. The van der Waals surface area contributed by atoms with E-state index >= 15 is 0 Å². The zero-order valence-electron chi connectivity index (χ0n) is 13.1. The van der Waals surface area contributed by atoms with Crippen molar-refractivity contribution < 1.29 is 4.79 Å². The predicted octanol–water partition coefficient (Wildman–Crippen LogP) is 3.94. The van der Waals surface area contributed by atoms with E-state index in [1.54, 1.807) is 6.20 Å². The Bertz CT molecular complexity index is 823. The van der Waals surface area contributed by atoms with Gasteiger partial charge >= 0.3 is 6.03 Å². The van der Waals surface area contributed by atoms with Gasteiger partial charge in [0.2, 0.25) is 0 Å². The summed E-state index contributed by atoms with van der Waals surface area (Å²) in [7, 11) is 3.95. The van der Waals surface area contributed by atoms with E-state index in [2.05, 4.69) is 15.6 Å². The quantitative estimate of drug-likeness (QED) is 0.770. The number of urea groups is 1. The molecule has 0 atom stereocenters. The van der Waals surface area contributed by atoms with Gasteiger partial charge in [0, 0.05) is 37.1 Å². The third-order valence-electron chi connectivity index (χ3n) is 3.52. The average molecular weight is 306 g/mol. The van der Waals surface area contributed by atoms with Crippen molar-refractivity contribution in [3.63, 3.8) is 0 Å². The number of fused-ring (bicyclic) bond motifs is 1. The molecule has 0 saturated heterocycles. The minimum Gasteiger partial charge on any atom is -0.378 e. The number of aromatic nitrogens is 1. The summed E-state index contributed by atoms with van der Waals surface area (Å²) in [5.41, 5.74) is 3.27. The maximum absolute atomic E-state index is 12.2. The average Bonchev–Trinajstić information content (AvgIpc) is 2.55. The van der Waals surface area contributed by atoms with E-state index in [1.807, 2.05) is 73.6 Å². The van der Waals surface area contributed by atoms with Gasteiger partial charge in [0.05, 0.1) is 11.2 Å². The van der Waals surface area contributed by atoms with Gasteiger partial charge < -0.3 is 15.5 Å². The normalized spacial score (nSPS) is 10.3. The first kappa shape index (κ1) is 14.8. The van der Waals surface area contributed by atoms with Gasteiger partial charge in [-0.2, -0.15) is 0 Å². The molecule has 23 heavy (non-hydrogen) atoms. The SMILES string of the molecule is CN(C)c1ccc(NC(=O)Nc2cccc3cccnc23)cc1. The van der Waals surface area contributed by atoms with Crippen LogP contribution in [-0.4, -0.2) is 25.1 Å². The molecule has 0 aliphatic carbocycles. The summed E-state index contributed by atoms with van der Waals surface area (Å²) in [6.07, 6.45) is 1.71. The van der Waals surface area contributed by atoms with Crippen molar-refractivity contribution in [3.05, 3.63) is 60.8 Å². The molecule has 2 amide bonds. The molecule has 0 aliphatic heterocycles. The fourth-order valence-electron chi connectivity index (χ4n) is 2.33. The summed E-state index contributed by atoms with van der Waals surface area (Å²) in [4.78, 5) is 18.5. The van der Waals surface area contributed by atoms with E-state index in [9.17, 15) is 4.79 Å². The van der Waals surface area contributed by atoms with Crippen LogP contribution in [0.25, 0.3) is 10.9 Å². The molecule has 116 valence electrons. The lowest BCUT2D eigenvalue weighted by atomic mass is 10.2. The summed E-state index contributed by atoms with van der Waals surface area (Å²) in [6, 6.07) is 16.9. The van der Waals surface area contributed by atoms with Crippen molar-refractivity contribution in [3.8, 4) is 0 Å². The third kappa shape index (κ3) is 3.40. The topological polar surface area (TPSA) is 57.3 Å². The van der Waals surface area contributed by atoms with Crippen LogP contribution in [0.1, 0.15) is 0 Å². The first-order valence-corrected chi connectivity index (χ1v) is 7.32. The van der Waals surface area contributed by atoms with E-state index in [4.69, 9.17) is 0 Å². The molecule has 0 spiro atoms. The second kappa shape index (κ2) is 6.36. The number of pyridine rings is 1. The predicted molar refractivity (Wildman–Crippen MR) is 95.2 cm³/mol. The highest BCUT2D eigenvalue weighted by molar-refractivity contribution is 6.05. The minimum atomic E-state index is -0.291. The molecule has 0 unspecified atom stereocenters. The van der Waals surface area contributed by atoms with Crippen molar-refractivity contribution in [2.45, 2.75) is 0 Å². The Kier molecular flexibility index (Phi) is 4.10. The van der Waals surface area contributed by atoms with Gasteiger partial charge in [-0.3, -0.25) is 4.98 Å². The van der Waals surface area contributed by atoms with E-state index in [0.29, 0.717) is 5.69 Å². The number of nitrogens with zero attached hydrogens (tertiary/aromatic N) is 2. The van der Waals surface area contributed by atoms with E-state index in [1.165, 1.54) is 0 Å². The van der Waals surface area contributed by atoms with Gasteiger partial charge in [0.1, 0.15) is 0 Å². The highest BCUT2D eigenvalue weighted by atomic mass is 16.2. The van der Waals surface area contributed by atoms with Crippen LogP contribution in [0, 0.1) is 0 Å². The molecule has 2 aromatic carbocycles. The Hall–Kier alpha value is -3.08. The maximum atomic E-state index is 12.2. The lowest BCUT2D eigenvalue weighted by Crippen LogP contribution is -2.19. The van der Waals surface area contributed by atoms with Gasteiger partial charge in [-0.05, 0) is 36.4 Å². The Morgan fingerprint density at radius 1 is 0.957 bits per heavy atom. The first-order chi connectivity index (χ1) is 11.1. The van der Waals surface area contributed by atoms with Gasteiger partial charge in [0.25, 0.3) is 0 Å². The zero-order valence-corrected chi connectivity index (χ0v) is 13.1. The molecule has 3 aromatic rings. The Labute approximate surface area is 135 Å². The van der Waals surface area contributed by atoms with Gasteiger partial charge in [-0.25, -0.2) is 4.79 Å². The second-order valence-corrected chi connectivity index (χ2v) is 5.40. The number of para-hydroxylation sites is 1. The third-order valence-corrected chi connectivity index (χ3v) is 3.52. The fraction of sp³-hybridized carbons (Fsp3) is 0.111. The molecule has 5 nitrogen and oxygen atoms in total. The summed E-state index contributed by atoms with van der Waals surface area (Å²) in [5.74, 6) is 0. The van der Waals surface area contributed by atoms with E-state index in [-0.39, 0.29) is 6.03 Å². The molecule has 1 heterocycles. The van der Waals surface area contributed by atoms with Crippen LogP contribution >= 0.6 is 0 Å². The van der Waals surface area contributed by atoms with Crippen molar-refractivity contribution >= 4 is 34.0 Å². The van der Waals surface area contributed by atoms with Crippen molar-refractivity contribution in [1.82, 2.24) is 4.98 Å². The van der Waals surface area contributed by atoms with Crippen LogP contribution in [0.2, 0.25) is 0 Å². The second-order valence-electron chi connectivity index (χ2n) is 5.40. The molecule has 3 rings (SSSR count). The largest absolute Gasteiger partial charge is 0.378 e. The highest BCUT2D eigenvalue weighted by Gasteiger charge is 2.07. The van der Waals surface area contributed by atoms with Gasteiger partial charge in [-0.1, -0.05) is 18.2 Å². The van der Waals surface area contributed by atoms with Crippen molar-refractivity contribution in [2.24, 2.45) is 0 Å². The van der Waals surface area contributed by atoms with Gasteiger partial charge in [-0.15, -0.1) is 0 Å². The molecule has 1 aromatic heterocycles. The number of hydrogen-bond donors (Lipinski definition) is 2. The molecular weight excluding hydrogens is 288 g/mol. The molecular formula is C18H18N4O. The molecule has 0 saturated carbocycles. The standard InChI is InChI=1S/C18H18N4O/c1-22(2)15-10-8-14(9-11-15)20-18(23)21-16-7-3-5-13-6-4-12-19-17(13)16/h3-12H,1-2H3,(H2,20,21,23). The number of amides is 2. The number of carbonyl (C=O) groups excluding carboxylic acids is 1. The molecule has 2 N–H and O–H groups in total. The maximum Gasteiger partial charge on any atom is 0.323 e. The van der Waals surface area contributed by atoms with Crippen LogP contribution in [-0.2, 0) is 0 Å². The lowest BCUT2D eigenvalue weighted by molar-refractivity contribution is 0.262. The van der Waals surface area contributed by atoms with Crippen molar-refractivity contribution in [2.75, 3.05) is 29.6 Å². The highest BCUT2D eigenvalue weighted by Crippen LogP contribution is 2.21. The Balaban J connectivity index is 1.73. The molecule has 0 radical (unpaired) electrons. The summed E-state index contributed by atoms with van der Waals surface area (Å²) in [6.45, 7) is 0. The summed E-state index contributed by atoms with van der Waals surface area (Å²) in [5, 5.41) is 6.66. The van der Waals surface area contributed by atoms with Crippen LogP contribution in [0.15, 0.2) is 60.8 Å². The lowest BCUT2D eigenvalue weighted by Gasteiger charge is -2.13. The number of rotatable bonds is 3. The molecule has 0 bridgehead atoms. The monoisotopic (exact) mass is 306 g/mol. The number of anilines is 3. The Morgan fingerprint density at radius 3 is 2.43 bits per heavy atom. The number of hydrogen-bond acceptors (Lipinski definition) is 3. The van der Waals surface area contributed by atoms with E-state index < -0.39 is 0 Å². The number of carbonyl (C=O) groups is 1. The van der Waals surface area contributed by atoms with E-state index in [0.717, 1.165) is 22.3 Å². The van der Waals surface area contributed by atoms with Crippen molar-refractivity contribution in [1.29, 1.82) is 0 Å². The van der Waals surface area contributed by atoms with Crippen LogP contribution < -0.4 is 15.5 Å². The number of nitrogens with one attached hydrogen (secondary N) is 2. The molecule has 5 heteroatoms. The smallest absolute Gasteiger partial charge is 0.323 e. The molecule has 0 aliphatic rings. The fourth-order valence-corrected chi connectivity index (χ4v) is 2.33. The van der Waals surface area contributed by atoms with Crippen LogP contribution in [0.3, 0.4) is 0 Å².